The zero-order valence-electron chi connectivity index (χ0n) is 17.1. The van der Waals surface area contributed by atoms with Crippen LogP contribution in [0.15, 0.2) is 29.4 Å². The maximum Gasteiger partial charge on any atom is 0.350 e. The number of rotatable bonds is 7. The molecule has 11 heteroatoms. The molecule has 0 saturated carbocycles. The number of thioether (sulfide) groups is 1. The molecule has 0 radical (unpaired) electrons. The van der Waals surface area contributed by atoms with E-state index >= 15 is 0 Å². The molecule has 3 aromatic heterocycles. The fourth-order valence-electron chi connectivity index (χ4n) is 3.03. The second kappa shape index (κ2) is 8.98. The molecule has 0 aliphatic heterocycles. The SMILES string of the molecule is CCOC(=O)c1sc(NC(=O)C(CC)Sc2nnc3c(n2)[nH]c2ccccc23)nc1C. The molecule has 0 saturated heterocycles. The molecule has 4 aromatic rings. The monoisotopic (exact) mass is 456 g/mol. The predicted octanol–water partition coefficient (Wildman–Crippen LogP) is 3.96. The fourth-order valence-corrected chi connectivity index (χ4v) is 4.71. The van der Waals surface area contributed by atoms with Crippen molar-refractivity contribution in [2.24, 2.45) is 0 Å². The second-order valence-electron chi connectivity index (χ2n) is 6.62. The lowest BCUT2D eigenvalue weighted by Crippen LogP contribution is -2.24. The van der Waals surface area contributed by atoms with Crippen molar-refractivity contribution in [2.45, 2.75) is 37.6 Å². The van der Waals surface area contributed by atoms with Crippen molar-refractivity contribution in [2.75, 3.05) is 11.9 Å². The van der Waals surface area contributed by atoms with Crippen LogP contribution in [0.5, 0.6) is 0 Å². The Morgan fingerprint density at radius 1 is 1.23 bits per heavy atom. The van der Waals surface area contributed by atoms with Crippen molar-refractivity contribution in [1.29, 1.82) is 0 Å². The van der Waals surface area contributed by atoms with E-state index in [1.807, 2.05) is 31.2 Å². The smallest absolute Gasteiger partial charge is 0.350 e. The highest BCUT2D eigenvalue weighted by molar-refractivity contribution is 8.00. The Balaban J connectivity index is 1.50. The molecular weight excluding hydrogens is 436 g/mol. The van der Waals surface area contributed by atoms with Gasteiger partial charge in [0.05, 0.1) is 17.6 Å². The third-order valence-electron chi connectivity index (χ3n) is 4.50. The molecule has 0 bridgehead atoms. The van der Waals surface area contributed by atoms with Gasteiger partial charge in [0.15, 0.2) is 10.8 Å². The summed E-state index contributed by atoms with van der Waals surface area (Å²) < 4.78 is 5.02. The molecule has 0 fully saturated rings. The third kappa shape index (κ3) is 4.37. The van der Waals surface area contributed by atoms with Gasteiger partial charge >= 0.3 is 5.97 Å². The first kappa shape index (κ1) is 21.2. The summed E-state index contributed by atoms with van der Waals surface area (Å²) in [6.07, 6.45) is 0.555. The Morgan fingerprint density at radius 2 is 2.03 bits per heavy atom. The van der Waals surface area contributed by atoms with Crippen molar-refractivity contribution >= 4 is 62.2 Å². The molecule has 4 rings (SSSR count). The highest BCUT2D eigenvalue weighted by Crippen LogP contribution is 2.28. The van der Waals surface area contributed by atoms with Gasteiger partial charge < -0.3 is 15.0 Å². The lowest BCUT2D eigenvalue weighted by atomic mass is 10.2. The van der Waals surface area contributed by atoms with E-state index < -0.39 is 11.2 Å². The standard InChI is InChI=1S/C20H20N6O3S2/c1-4-13(17(27)24-19-21-10(3)15(31-19)18(28)29-5-2)30-20-23-16-14(25-26-20)11-8-6-7-9-12(11)22-16/h6-9,13H,4-5H2,1-3H3,(H,21,24,27)(H,22,23,26). The van der Waals surface area contributed by atoms with Crippen LogP contribution < -0.4 is 5.32 Å². The van der Waals surface area contributed by atoms with Crippen LogP contribution in [0.25, 0.3) is 22.1 Å². The number of amides is 1. The molecule has 0 spiro atoms. The summed E-state index contributed by atoms with van der Waals surface area (Å²) in [5, 5.41) is 12.5. The Kier molecular flexibility index (Phi) is 6.14. The van der Waals surface area contributed by atoms with Gasteiger partial charge in [-0.2, -0.15) is 0 Å². The molecule has 2 N–H and O–H groups in total. The summed E-state index contributed by atoms with van der Waals surface area (Å²) in [6, 6.07) is 7.78. The number of anilines is 1. The first-order chi connectivity index (χ1) is 15.0. The molecule has 0 aliphatic carbocycles. The topological polar surface area (TPSA) is 123 Å². The van der Waals surface area contributed by atoms with Gasteiger partial charge in [-0.1, -0.05) is 48.2 Å². The number of nitrogens with zero attached hydrogens (tertiary/aromatic N) is 4. The molecule has 1 atom stereocenters. The molecule has 1 amide bonds. The number of H-pyrrole nitrogens is 1. The third-order valence-corrected chi connectivity index (χ3v) is 6.77. The van der Waals surface area contributed by atoms with E-state index in [0.717, 1.165) is 22.2 Å². The predicted molar refractivity (Wildman–Crippen MR) is 121 cm³/mol. The normalized spacial score (nSPS) is 12.2. The molecule has 31 heavy (non-hydrogen) atoms. The van der Waals surface area contributed by atoms with E-state index in [9.17, 15) is 9.59 Å². The maximum absolute atomic E-state index is 12.8. The van der Waals surface area contributed by atoms with Crippen molar-refractivity contribution in [3.8, 4) is 0 Å². The number of hydrogen-bond donors (Lipinski definition) is 2. The number of hydrogen-bond acceptors (Lipinski definition) is 9. The summed E-state index contributed by atoms with van der Waals surface area (Å²) >= 11 is 2.33. The van der Waals surface area contributed by atoms with E-state index in [1.165, 1.54) is 11.8 Å². The first-order valence-electron chi connectivity index (χ1n) is 9.73. The molecule has 1 unspecified atom stereocenters. The van der Waals surface area contributed by atoms with Crippen LogP contribution in [-0.4, -0.2) is 48.9 Å². The minimum atomic E-state index is -0.445. The Morgan fingerprint density at radius 3 is 2.81 bits per heavy atom. The van der Waals surface area contributed by atoms with Gasteiger partial charge in [-0.15, -0.1) is 10.2 Å². The van der Waals surface area contributed by atoms with Gasteiger partial charge in [-0.05, 0) is 26.3 Å². The van der Waals surface area contributed by atoms with Crippen LogP contribution in [0.2, 0.25) is 0 Å². The quantitative estimate of drug-likeness (QED) is 0.316. The minimum Gasteiger partial charge on any atom is -0.462 e. The molecule has 1 aromatic carbocycles. The number of ether oxygens (including phenoxy) is 1. The lowest BCUT2D eigenvalue weighted by Gasteiger charge is -2.11. The van der Waals surface area contributed by atoms with E-state index in [4.69, 9.17) is 4.74 Å². The number of thiazole rings is 1. The van der Waals surface area contributed by atoms with Crippen LogP contribution in [0, 0.1) is 6.92 Å². The fraction of sp³-hybridized carbons (Fsp3) is 0.300. The highest BCUT2D eigenvalue weighted by Gasteiger charge is 2.23. The Labute approximate surface area is 186 Å². The van der Waals surface area contributed by atoms with Crippen molar-refractivity contribution < 1.29 is 14.3 Å². The van der Waals surface area contributed by atoms with E-state index in [1.54, 1.807) is 13.8 Å². The molecule has 9 nitrogen and oxygen atoms in total. The van der Waals surface area contributed by atoms with Crippen LogP contribution in [-0.2, 0) is 9.53 Å². The van der Waals surface area contributed by atoms with Crippen molar-refractivity contribution in [3.05, 3.63) is 34.8 Å². The van der Waals surface area contributed by atoms with Crippen LogP contribution in [0.4, 0.5) is 5.13 Å². The van der Waals surface area contributed by atoms with E-state index in [2.05, 4.69) is 30.5 Å². The Bertz CT molecular complexity index is 1270. The summed E-state index contributed by atoms with van der Waals surface area (Å²) in [5.74, 6) is -0.678. The summed E-state index contributed by atoms with van der Waals surface area (Å²) in [5.41, 5.74) is 2.78. The molecule has 160 valence electrons. The number of carbonyl (C=O) groups is 2. The summed E-state index contributed by atoms with van der Waals surface area (Å²) in [4.78, 5) is 37.2. The van der Waals surface area contributed by atoms with Crippen molar-refractivity contribution in [1.82, 2.24) is 25.1 Å². The number of para-hydroxylation sites is 1. The zero-order chi connectivity index (χ0) is 22.0. The number of benzene rings is 1. The zero-order valence-corrected chi connectivity index (χ0v) is 18.8. The minimum absolute atomic E-state index is 0.239. The summed E-state index contributed by atoms with van der Waals surface area (Å²) in [6.45, 7) is 5.63. The number of carbonyl (C=O) groups excluding carboxylic acids is 2. The molecular formula is C20H20N6O3S2. The summed E-state index contributed by atoms with van der Waals surface area (Å²) in [7, 11) is 0. The Hall–Kier alpha value is -3.05. The van der Waals surface area contributed by atoms with Gasteiger partial charge in [-0.25, -0.2) is 14.8 Å². The van der Waals surface area contributed by atoms with Gasteiger partial charge in [0.2, 0.25) is 11.1 Å². The van der Waals surface area contributed by atoms with Gasteiger partial charge in [0, 0.05) is 10.9 Å². The molecule has 3 heterocycles. The van der Waals surface area contributed by atoms with Gasteiger partial charge in [-0.3, -0.25) is 4.79 Å². The first-order valence-corrected chi connectivity index (χ1v) is 11.4. The number of nitrogens with one attached hydrogen (secondary N) is 2. The number of aromatic nitrogens is 5. The van der Waals surface area contributed by atoms with Crippen LogP contribution >= 0.6 is 23.1 Å². The lowest BCUT2D eigenvalue weighted by molar-refractivity contribution is -0.115. The average Bonchev–Trinajstić information content (AvgIpc) is 3.31. The van der Waals surface area contributed by atoms with Crippen LogP contribution in [0.3, 0.4) is 0 Å². The average molecular weight is 457 g/mol. The van der Waals surface area contributed by atoms with Crippen LogP contribution in [0.1, 0.15) is 35.6 Å². The number of esters is 1. The van der Waals surface area contributed by atoms with Crippen molar-refractivity contribution in [3.63, 3.8) is 0 Å². The number of fused-ring (bicyclic) bond motifs is 3. The maximum atomic E-state index is 12.8. The van der Waals surface area contributed by atoms with E-state index in [0.29, 0.717) is 38.4 Å². The number of aromatic amines is 1. The molecule has 0 aliphatic rings. The van der Waals surface area contributed by atoms with Gasteiger partial charge in [0.1, 0.15) is 10.4 Å². The van der Waals surface area contributed by atoms with Gasteiger partial charge in [0.25, 0.3) is 0 Å². The number of aryl methyl sites for hydroxylation is 1. The largest absolute Gasteiger partial charge is 0.462 e. The highest BCUT2D eigenvalue weighted by atomic mass is 32.2. The van der Waals surface area contributed by atoms with E-state index in [-0.39, 0.29) is 12.5 Å². The second-order valence-corrected chi connectivity index (χ2v) is 8.79.